The molecule has 0 unspecified atom stereocenters. The molecule has 1 amide bonds. The number of benzene rings is 1. The lowest BCUT2D eigenvalue weighted by Gasteiger charge is -2.06. The van der Waals surface area contributed by atoms with Crippen LogP contribution >= 0.6 is 0 Å². The molecular formula is C12H13N5O3. The van der Waals surface area contributed by atoms with Gasteiger partial charge in [0.25, 0.3) is 5.91 Å². The van der Waals surface area contributed by atoms with Gasteiger partial charge in [0.2, 0.25) is 0 Å². The summed E-state index contributed by atoms with van der Waals surface area (Å²) in [4.78, 5) is 23.5. The number of H-pyrrole nitrogens is 1. The first-order valence-corrected chi connectivity index (χ1v) is 5.86. The third-order valence-electron chi connectivity index (χ3n) is 2.42. The maximum atomic E-state index is 11.9. The van der Waals surface area contributed by atoms with Crippen LogP contribution in [0.1, 0.15) is 27.8 Å². The highest BCUT2D eigenvalue weighted by Crippen LogP contribution is 2.13. The van der Waals surface area contributed by atoms with Crippen LogP contribution in [0.25, 0.3) is 0 Å². The number of carbonyl (C=O) groups is 2. The van der Waals surface area contributed by atoms with Crippen molar-refractivity contribution >= 4 is 23.4 Å². The fourth-order valence-corrected chi connectivity index (χ4v) is 1.53. The Hall–Kier alpha value is -2.90. The van der Waals surface area contributed by atoms with E-state index < -0.39 is 11.9 Å². The number of nitrogens with two attached hydrogens (primary N) is 1. The Morgan fingerprint density at radius 1 is 1.40 bits per heavy atom. The summed E-state index contributed by atoms with van der Waals surface area (Å²) >= 11 is 0. The summed E-state index contributed by atoms with van der Waals surface area (Å²) in [6.45, 7) is 2.00. The van der Waals surface area contributed by atoms with Crippen molar-refractivity contribution in [2.24, 2.45) is 0 Å². The predicted octanol–water partition coefficient (Wildman–Crippen LogP) is 0.816. The predicted molar refractivity (Wildman–Crippen MR) is 71.1 cm³/mol. The van der Waals surface area contributed by atoms with Gasteiger partial charge < -0.3 is 15.8 Å². The zero-order chi connectivity index (χ0) is 14.5. The summed E-state index contributed by atoms with van der Waals surface area (Å²) in [6.07, 6.45) is 0. The molecule has 0 aliphatic heterocycles. The number of nitrogens with zero attached hydrogens (tertiary/aromatic N) is 2. The molecule has 0 atom stereocenters. The molecule has 104 valence electrons. The lowest BCUT2D eigenvalue weighted by atomic mass is 10.2. The summed E-state index contributed by atoms with van der Waals surface area (Å²) in [6, 6.07) is 6.37. The van der Waals surface area contributed by atoms with Gasteiger partial charge in [0, 0.05) is 5.69 Å². The molecule has 0 aliphatic rings. The van der Waals surface area contributed by atoms with Gasteiger partial charge in [-0.3, -0.25) is 4.79 Å². The highest BCUT2D eigenvalue weighted by molar-refractivity contribution is 6.06. The quantitative estimate of drug-likeness (QED) is 0.710. The molecule has 0 saturated heterocycles. The van der Waals surface area contributed by atoms with Crippen molar-refractivity contribution in [3.63, 3.8) is 0 Å². The number of anilines is 2. The third-order valence-corrected chi connectivity index (χ3v) is 2.42. The number of nitrogen functional groups attached to an aromatic ring is 1. The molecule has 0 saturated carbocycles. The van der Waals surface area contributed by atoms with Crippen molar-refractivity contribution in [1.29, 1.82) is 0 Å². The number of carbonyl (C=O) groups excluding carboxylic acids is 2. The zero-order valence-corrected chi connectivity index (χ0v) is 10.7. The summed E-state index contributed by atoms with van der Waals surface area (Å²) < 4.78 is 4.88. The number of ether oxygens (including phenoxy) is 1. The molecule has 0 fully saturated rings. The van der Waals surface area contributed by atoms with E-state index in [9.17, 15) is 9.59 Å². The smallest absolute Gasteiger partial charge is 0.338 e. The summed E-state index contributed by atoms with van der Waals surface area (Å²) in [5, 5.41) is 12.0. The van der Waals surface area contributed by atoms with E-state index >= 15 is 0 Å². The van der Waals surface area contributed by atoms with E-state index in [1.807, 2.05) is 0 Å². The largest absolute Gasteiger partial charge is 0.462 e. The normalized spacial score (nSPS) is 10.1. The molecule has 0 bridgehead atoms. The van der Waals surface area contributed by atoms with Crippen molar-refractivity contribution in [3.8, 4) is 0 Å². The first-order valence-electron chi connectivity index (χ1n) is 5.86. The van der Waals surface area contributed by atoms with E-state index in [0.29, 0.717) is 11.3 Å². The minimum Gasteiger partial charge on any atom is -0.462 e. The summed E-state index contributed by atoms with van der Waals surface area (Å²) in [5.41, 5.74) is 6.24. The fraction of sp³-hybridized carbons (Fsp3) is 0.167. The average Bonchev–Trinajstić information content (AvgIpc) is 2.85. The number of hydrogen-bond acceptors (Lipinski definition) is 6. The number of nitrogens with one attached hydrogen (secondary N) is 2. The molecule has 2 rings (SSSR count). The Bertz CT molecular complexity index is 638. The minimum absolute atomic E-state index is 0.00375. The second-order valence-electron chi connectivity index (χ2n) is 3.81. The van der Waals surface area contributed by atoms with Gasteiger partial charge in [-0.2, -0.15) is 5.21 Å². The third kappa shape index (κ3) is 2.91. The maximum Gasteiger partial charge on any atom is 0.338 e. The van der Waals surface area contributed by atoms with Crippen LogP contribution in [0.3, 0.4) is 0 Å². The summed E-state index contributed by atoms with van der Waals surface area (Å²) in [5.74, 6) is -0.967. The monoisotopic (exact) mass is 275 g/mol. The Labute approximate surface area is 114 Å². The van der Waals surface area contributed by atoms with Crippen LogP contribution in [0.4, 0.5) is 11.5 Å². The van der Waals surface area contributed by atoms with Gasteiger partial charge in [-0.25, -0.2) is 4.79 Å². The lowest BCUT2D eigenvalue weighted by molar-refractivity contribution is 0.0526. The maximum absolute atomic E-state index is 11.9. The van der Waals surface area contributed by atoms with Crippen LogP contribution in [0.15, 0.2) is 24.3 Å². The second kappa shape index (κ2) is 5.83. The highest BCUT2D eigenvalue weighted by Gasteiger charge is 2.15. The molecule has 1 aromatic heterocycles. The van der Waals surface area contributed by atoms with Crippen molar-refractivity contribution in [2.45, 2.75) is 6.92 Å². The van der Waals surface area contributed by atoms with Crippen molar-refractivity contribution in [1.82, 2.24) is 15.4 Å². The van der Waals surface area contributed by atoms with Gasteiger partial charge >= 0.3 is 5.97 Å². The van der Waals surface area contributed by atoms with Crippen molar-refractivity contribution in [2.75, 3.05) is 17.7 Å². The van der Waals surface area contributed by atoms with Crippen LogP contribution in [0, 0.1) is 0 Å². The molecule has 0 radical (unpaired) electrons. The molecule has 8 nitrogen and oxygen atoms in total. The minimum atomic E-state index is -0.516. The van der Waals surface area contributed by atoms with Crippen molar-refractivity contribution < 1.29 is 14.3 Å². The molecular weight excluding hydrogens is 262 g/mol. The number of rotatable bonds is 4. The molecule has 0 spiro atoms. The molecule has 0 aliphatic carbocycles. The Morgan fingerprint density at radius 2 is 2.20 bits per heavy atom. The SMILES string of the molecule is CCOC(=O)c1cccc(NC(=O)c2n[nH]nc2N)c1. The fourth-order valence-electron chi connectivity index (χ4n) is 1.53. The molecule has 8 heteroatoms. The molecule has 20 heavy (non-hydrogen) atoms. The van der Waals surface area contributed by atoms with Crippen LogP contribution in [-0.2, 0) is 4.74 Å². The van der Waals surface area contributed by atoms with Gasteiger partial charge in [0.15, 0.2) is 11.5 Å². The van der Waals surface area contributed by atoms with Gasteiger partial charge in [0.05, 0.1) is 12.2 Å². The van der Waals surface area contributed by atoms with Crippen molar-refractivity contribution in [3.05, 3.63) is 35.5 Å². The average molecular weight is 275 g/mol. The molecule has 1 aromatic carbocycles. The van der Waals surface area contributed by atoms with Crippen LogP contribution < -0.4 is 11.1 Å². The van der Waals surface area contributed by atoms with Gasteiger partial charge in [-0.15, -0.1) is 10.2 Å². The molecule has 2 aromatic rings. The number of hydrogen-bond donors (Lipinski definition) is 3. The summed E-state index contributed by atoms with van der Waals surface area (Å²) in [7, 11) is 0. The standard InChI is InChI=1S/C12H13N5O3/c1-2-20-12(19)7-4-3-5-8(6-7)14-11(18)9-10(13)16-17-15-9/h3-6H,2H2,1H3,(H,14,18)(H3,13,15,16,17). The first kappa shape index (κ1) is 13.5. The van der Waals surface area contributed by atoms with E-state index in [0.717, 1.165) is 0 Å². The Morgan fingerprint density at radius 3 is 2.85 bits per heavy atom. The van der Waals surface area contributed by atoms with Gasteiger partial charge in [0.1, 0.15) is 0 Å². The number of aromatic nitrogens is 3. The van der Waals surface area contributed by atoms with E-state index in [1.165, 1.54) is 6.07 Å². The topological polar surface area (TPSA) is 123 Å². The number of aromatic amines is 1. The van der Waals surface area contributed by atoms with Crippen LogP contribution in [0.2, 0.25) is 0 Å². The van der Waals surface area contributed by atoms with E-state index in [2.05, 4.69) is 20.7 Å². The molecule has 1 heterocycles. The molecule has 4 N–H and O–H groups in total. The van der Waals surface area contributed by atoms with Gasteiger partial charge in [-0.1, -0.05) is 6.07 Å². The second-order valence-corrected chi connectivity index (χ2v) is 3.81. The lowest BCUT2D eigenvalue weighted by Crippen LogP contribution is -2.15. The Balaban J connectivity index is 2.14. The van der Waals surface area contributed by atoms with Crippen LogP contribution in [0.5, 0.6) is 0 Å². The first-order chi connectivity index (χ1) is 9.61. The zero-order valence-electron chi connectivity index (χ0n) is 10.7. The Kier molecular flexibility index (Phi) is 3.94. The number of esters is 1. The highest BCUT2D eigenvalue weighted by atomic mass is 16.5. The van der Waals surface area contributed by atoms with E-state index in [4.69, 9.17) is 10.5 Å². The van der Waals surface area contributed by atoms with E-state index in [1.54, 1.807) is 25.1 Å². The number of amides is 1. The van der Waals surface area contributed by atoms with Gasteiger partial charge in [-0.05, 0) is 25.1 Å². The van der Waals surface area contributed by atoms with E-state index in [-0.39, 0.29) is 18.1 Å². The van der Waals surface area contributed by atoms with Crippen LogP contribution in [-0.4, -0.2) is 33.9 Å².